The van der Waals surface area contributed by atoms with Crippen LogP contribution in [-0.4, -0.2) is 16.6 Å². The van der Waals surface area contributed by atoms with E-state index in [1.807, 2.05) is 32.0 Å². The molecule has 1 aromatic carbocycles. The first-order chi connectivity index (χ1) is 7.52. The van der Waals surface area contributed by atoms with Gasteiger partial charge in [-0.2, -0.15) is 0 Å². The Morgan fingerprint density at radius 2 is 1.94 bits per heavy atom. The number of rotatable bonds is 2. The van der Waals surface area contributed by atoms with E-state index in [2.05, 4.69) is 19.1 Å². The fourth-order valence-electron chi connectivity index (χ4n) is 2.61. The van der Waals surface area contributed by atoms with Crippen LogP contribution in [0.3, 0.4) is 0 Å². The van der Waals surface area contributed by atoms with Crippen molar-refractivity contribution < 1.29 is 5.21 Å². The van der Waals surface area contributed by atoms with E-state index in [0.717, 1.165) is 12.8 Å². The zero-order valence-electron chi connectivity index (χ0n) is 10.3. The monoisotopic (exact) mass is 218 g/mol. The lowest BCUT2D eigenvalue weighted by Gasteiger charge is -2.30. The molecule has 16 heavy (non-hydrogen) atoms. The highest BCUT2D eigenvalue weighted by atomic mass is 16.5. The van der Waals surface area contributed by atoms with Crippen LogP contribution < -0.4 is 0 Å². The van der Waals surface area contributed by atoms with Gasteiger partial charge in [0.05, 0.1) is 0 Å². The fourth-order valence-corrected chi connectivity index (χ4v) is 2.61. The minimum Gasteiger partial charge on any atom is -0.146 e. The lowest BCUT2D eigenvalue weighted by molar-refractivity contribution is -0.223. The van der Waals surface area contributed by atoms with Gasteiger partial charge in [0.25, 0.3) is 0 Å². The minimum atomic E-state index is -0.187. The molecule has 2 heteroatoms. The van der Waals surface area contributed by atoms with Crippen LogP contribution in [0.15, 0.2) is 30.3 Å². The molecule has 1 aliphatic heterocycles. The van der Waals surface area contributed by atoms with Crippen molar-refractivity contribution in [3.05, 3.63) is 35.9 Å². The van der Waals surface area contributed by atoms with Gasteiger partial charge in [0.2, 0.25) is 0 Å². The van der Waals surface area contributed by atoms with Gasteiger partial charge < -0.3 is 0 Å². The summed E-state index contributed by atoms with van der Waals surface area (Å²) in [6.07, 6.45) is 2.00. The largest absolute Gasteiger partial charge is 0.146 e. The van der Waals surface area contributed by atoms with E-state index in [9.17, 15) is 5.21 Å². The van der Waals surface area contributed by atoms with E-state index in [4.69, 9.17) is 0 Å². The van der Waals surface area contributed by atoms with Crippen LogP contribution in [0.5, 0.6) is 0 Å². The summed E-state index contributed by atoms with van der Waals surface area (Å²) < 4.78 is 0. The Bertz CT molecular complexity index is 347. The number of hydroxylamine groups is 2. The molecule has 0 aliphatic carbocycles. The summed E-state index contributed by atoms with van der Waals surface area (Å²) in [6.45, 7) is 6.24. The zero-order valence-corrected chi connectivity index (χ0v) is 10.3. The predicted octanol–water partition coefficient (Wildman–Crippen LogP) is 3.38. The summed E-state index contributed by atoms with van der Waals surface area (Å²) in [5, 5.41) is 13.5. The normalized spacial score (nSPS) is 26.9. The van der Waals surface area contributed by atoms with Gasteiger partial charge in [-0.1, -0.05) is 37.3 Å². The maximum atomic E-state index is 12.2. The van der Waals surface area contributed by atoms with Crippen LogP contribution in [0.25, 0.3) is 0 Å². The third-order valence-corrected chi connectivity index (χ3v) is 3.85. The van der Waals surface area contributed by atoms with Crippen LogP contribution in [0, 0.1) is 0 Å². The smallest absolute Gasteiger partial charge is 0.0456 e. The number of nitrogens with zero attached hydrogens (tertiary/aromatic N) is 1. The van der Waals surface area contributed by atoms with E-state index in [1.54, 1.807) is 0 Å². The topological polar surface area (TPSA) is 23.1 Å². The first-order valence-corrected chi connectivity index (χ1v) is 6.04. The van der Waals surface area contributed by atoms with Crippen LogP contribution in [0.1, 0.15) is 45.1 Å². The highest BCUT2D eigenvalue weighted by Crippen LogP contribution is 2.38. The molecule has 0 aromatic heterocycles. The molecule has 2 rings (SSSR count). The number of hydrogen-bond donors (Lipinski definition) is 0. The molecule has 2 atom stereocenters. The Kier molecular flexibility index (Phi) is 3.04. The minimum absolute atomic E-state index is 0.136. The standard InChI is InChI=1S/C14H20NO/c1-11(12-7-5-4-6-8-12)13-9-10-14(2,3)15(13)16/h4-8,11,13H,9-10H2,1-3H3. The quantitative estimate of drug-likeness (QED) is 0.746. The summed E-state index contributed by atoms with van der Waals surface area (Å²) in [7, 11) is 0. The summed E-state index contributed by atoms with van der Waals surface area (Å²) >= 11 is 0. The van der Waals surface area contributed by atoms with Crippen LogP contribution in [0.4, 0.5) is 0 Å². The average Bonchev–Trinajstić information content (AvgIpc) is 2.55. The maximum Gasteiger partial charge on any atom is 0.0456 e. The number of benzene rings is 1. The van der Waals surface area contributed by atoms with Crippen molar-refractivity contribution in [1.82, 2.24) is 5.06 Å². The SMILES string of the molecule is CC(c1ccccc1)C1CCC(C)(C)N1[O]. The summed E-state index contributed by atoms with van der Waals surface area (Å²) in [4.78, 5) is 0. The molecular weight excluding hydrogens is 198 g/mol. The molecule has 0 spiro atoms. The third-order valence-electron chi connectivity index (χ3n) is 3.85. The lowest BCUT2D eigenvalue weighted by atomic mass is 9.92. The number of hydrogen-bond acceptors (Lipinski definition) is 1. The molecule has 0 bridgehead atoms. The molecular formula is C14H20NO. The van der Waals surface area contributed by atoms with Crippen LogP contribution in [-0.2, 0) is 5.21 Å². The highest BCUT2D eigenvalue weighted by Gasteiger charge is 2.42. The Labute approximate surface area is 97.9 Å². The van der Waals surface area contributed by atoms with E-state index in [1.165, 1.54) is 10.6 Å². The maximum absolute atomic E-state index is 12.2. The van der Waals surface area contributed by atoms with Gasteiger partial charge in [-0.15, -0.1) is 10.3 Å². The van der Waals surface area contributed by atoms with Gasteiger partial charge in [0.15, 0.2) is 0 Å². The van der Waals surface area contributed by atoms with Gasteiger partial charge in [0.1, 0.15) is 0 Å². The Morgan fingerprint density at radius 1 is 1.31 bits per heavy atom. The average molecular weight is 218 g/mol. The Morgan fingerprint density at radius 3 is 2.44 bits per heavy atom. The fraction of sp³-hybridized carbons (Fsp3) is 0.571. The first kappa shape index (κ1) is 11.6. The van der Waals surface area contributed by atoms with Crippen molar-refractivity contribution in [2.24, 2.45) is 0 Å². The van der Waals surface area contributed by atoms with E-state index in [0.29, 0.717) is 5.92 Å². The van der Waals surface area contributed by atoms with Crippen molar-refractivity contribution in [2.45, 2.75) is 51.1 Å². The summed E-state index contributed by atoms with van der Waals surface area (Å²) in [6, 6.07) is 10.5. The second-order valence-electron chi connectivity index (χ2n) is 5.44. The molecule has 1 heterocycles. The van der Waals surface area contributed by atoms with Crippen LogP contribution in [0.2, 0.25) is 0 Å². The Hall–Kier alpha value is -0.860. The van der Waals surface area contributed by atoms with Crippen molar-refractivity contribution in [2.75, 3.05) is 0 Å². The van der Waals surface area contributed by atoms with Gasteiger partial charge in [-0.05, 0) is 38.2 Å². The molecule has 0 N–H and O–H groups in total. The third kappa shape index (κ3) is 2.00. The van der Waals surface area contributed by atoms with Crippen molar-refractivity contribution in [3.63, 3.8) is 0 Å². The van der Waals surface area contributed by atoms with Crippen molar-refractivity contribution in [3.8, 4) is 0 Å². The molecule has 1 saturated heterocycles. The van der Waals surface area contributed by atoms with Crippen LogP contribution >= 0.6 is 0 Å². The molecule has 1 aliphatic rings. The molecule has 87 valence electrons. The molecule has 0 amide bonds. The molecule has 2 unspecified atom stereocenters. The zero-order chi connectivity index (χ0) is 11.8. The molecule has 1 fully saturated rings. The van der Waals surface area contributed by atoms with E-state index >= 15 is 0 Å². The van der Waals surface area contributed by atoms with Gasteiger partial charge in [0, 0.05) is 11.6 Å². The Balaban J connectivity index is 2.15. The van der Waals surface area contributed by atoms with Gasteiger partial charge >= 0.3 is 0 Å². The summed E-state index contributed by atoms with van der Waals surface area (Å²) in [5.74, 6) is 0.320. The summed E-state index contributed by atoms with van der Waals surface area (Å²) in [5.41, 5.74) is 1.08. The van der Waals surface area contributed by atoms with Crippen molar-refractivity contribution >= 4 is 0 Å². The predicted molar refractivity (Wildman–Crippen MR) is 64.5 cm³/mol. The molecule has 1 radical (unpaired) electrons. The molecule has 2 nitrogen and oxygen atoms in total. The second kappa shape index (κ2) is 4.19. The van der Waals surface area contributed by atoms with Gasteiger partial charge in [-0.25, -0.2) is 0 Å². The molecule has 1 aromatic rings. The van der Waals surface area contributed by atoms with Gasteiger partial charge in [-0.3, -0.25) is 0 Å². The molecule has 0 saturated carbocycles. The second-order valence-corrected chi connectivity index (χ2v) is 5.44. The van der Waals surface area contributed by atoms with E-state index < -0.39 is 0 Å². The van der Waals surface area contributed by atoms with Crippen molar-refractivity contribution in [1.29, 1.82) is 0 Å². The first-order valence-electron chi connectivity index (χ1n) is 6.04. The lowest BCUT2D eigenvalue weighted by Crippen LogP contribution is -2.41. The highest BCUT2D eigenvalue weighted by molar-refractivity contribution is 5.21. The van der Waals surface area contributed by atoms with E-state index in [-0.39, 0.29) is 11.6 Å².